The number of methoxy groups -OCH3 is 1. The highest BCUT2D eigenvalue weighted by Gasteiger charge is 2.28. The van der Waals surface area contributed by atoms with E-state index < -0.39 is 17.9 Å². The van der Waals surface area contributed by atoms with Crippen LogP contribution >= 0.6 is 0 Å². The molecule has 0 amide bonds. The van der Waals surface area contributed by atoms with Crippen LogP contribution in [-0.4, -0.2) is 32.3 Å². The molecule has 0 saturated carbocycles. The predicted molar refractivity (Wildman–Crippen MR) is 82.7 cm³/mol. The molecular weight excluding hydrogens is 284 g/mol. The minimum Gasteiger partial charge on any atom is -0.497 e. The normalized spacial score (nSPS) is 10.4. The maximum absolute atomic E-state index is 11.9. The molecule has 1 rings (SSSR count). The number of aryl methyl sites for hydroxylation is 1. The van der Waals surface area contributed by atoms with Crippen LogP contribution < -0.4 is 4.74 Å². The monoisotopic (exact) mass is 308 g/mol. The van der Waals surface area contributed by atoms with Gasteiger partial charge in [-0.1, -0.05) is 12.1 Å². The minimum atomic E-state index is -0.842. The number of hydrogen-bond acceptors (Lipinski definition) is 5. The molecule has 0 fully saturated rings. The van der Waals surface area contributed by atoms with E-state index in [2.05, 4.69) is 0 Å². The van der Waals surface area contributed by atoms with Crippen LogP contribution in [0.15, 0.2) is 24.3 Å². The van der Waals surface area contributed by atoms with E-state index in [0.717, 1.165) is 17.7 Å². The van der Waals surface area contributed by atoms with Crippen LogP contribution in [0.25, 0.3) is 0 Å². The highest BCUT2D eigenvalue weighted by Crippen LogP contribution is 2.17. The molecule has 0 aliphatic rings. The van der Waals surface area contributed by atoms with Crippen LogP contribution in [-0.2, 0) is 25.5 Å². The number of esters is 2. The summed E-state index contributed by atoms with van der Waals surface area (Å²) >= 11 is 0. The third-order valence-corrected chi connectivity index (χ3v) is 3.23. The van der Waals surface area contributed by atoms with Gasteiger partial charge in [0.1, 0.15) is 5.75 Å². The van der Waals surface area contributed by atoms with E-state index in [9.17, 15) is 9.59 Å². The predicted octanol–water partition coefficient (Wildman–Crippen LogP) is 2.76. The Morgan fingerprint density at radius 1 is 1.09 bits per heavy atom. The SMILES string of the molecule is CCOC(=O)C(CCCc1cccc(OC)c1)C(=O)OCC. The first kappa shape index (κ1) is 18.0. The quantitative estimate of drug-likeness (QED) is 0.518. The summed E-state index contributed by atoms with van der Waals surface area (Å²) in [6.07, 6.45) is 1.86. The Balaban J connectivity index is 2.58. The third-order valence-electron chi connectivity index (χ3n) is 3.23. The van der Waals surface area contributed by atoms with Crippen molar-refractivity contribution in [3.63, 3.8) is 0 Å². The van der Waals surface area contributed by atoms with Crippen LogP contribution in [0.1, 0.15) is 32.3 Å². The molecule has 0 spiro atoms. The summed E-state index contributed by atoms with van der Waals surface area (Å²) in [6, 6.07) is 7.74. The summed E-state index contributed by atoms with van der Waals surface area (Å²) in [5.74, 6) is -1.06. The molecule has 0 radical (unpaired) electrons. The number of rotatable bonds is 9. The molecule has 122 valence electrons. The highest BCUT2D eigenvalue weighted by molar-refractivity contribution is 5.94. The largest absolute Gasteiger partial charge is 0.497 e. The second-order valence-corrected chi connectivity index (χ2v) is 4.80. The van der Waals surface area contributed by atoms with Crippen LogP contribution in [0.3, 0.4) is 0 Å². The van der Waals surface area contributed by atoms with Gasteiger partial charge in [-0.05, 0) is 50.8 Å². The summed E-state index contributed by atoms with van der Waals surface area (Å²) in [5.41, 5.74) is 1.10. The Labute approximate surface area is 131 Å². The molecule has 1 aromatic rings. The standard InChI is InChI=1S/C17H24O5/c1-4-21-16(18)15(17(19)22-5-2)11-7-9-13-8-6-10-14(12-13)20-3/h6,8,10,12,15H,4-5,7,9,11H2,1-3H3. The van der Waals surface area contributed by atoms with Gasteiger partial charge in [0.05, 0.1) is 20.3 Å². The van der Waals surface area contributed by atoms with E-state index >= 15 is 0 Å². The fourth-order valence-corrected chi connectivity index (χ4v) is 2.16. The van der Waals surface area contributed by atoms with Gasteiger partial charge in [0.25, 0.3) is 0 Å². The summed E-state index contributed by atoms with van der Waals surface area (Å²) in [5, 5.41) is 0. The molecule has 5 nitrogen and oxygen atoms in total. The van der Waals surface area contributed by atoms with Gasteiger partial charge in [0.15, 0.2) is 5.92 Å². The summed E-state index contributed by atoms with van der Waals surface area (Å²) in [4.78, 5) is 23.7. The van der Waals surface area contributed by atoms with Gasteiger partial charge >= 0.3 is 11.9 Å². The highest BCUT2D eigenvalue weighted by atomic mass is 16.6. The van der Waals surface area contributed by atoms with E-state index in [1.807, 2.05) is 24.3 Å². The first-order chi connectivity index (χ1) is 10.6. The second-order valence-electron chi connectivity index (χ2n) is 4.80. The molecule has 0 aliphatic heterocycles. The lowest BCUT2D eigenvalue weighted by atomic mass is 9.99. The molecule has 0 unspecified atom stereocenters. The van der Waals surface area contributed by atoms with E-state index in [0.29, 0.717) is 12.8 Å². The van der Waals surface area contributed by atoms with Crippen molar-refractivity contribution in [2.75, 3.05) is 20.3 Å². The van der Waals surface area contributed by atoms with E-state index in [1.54, 1.807) is 21.0 Å². The Morgan fingerprint density at radius 3 is 2.27 bits per heavy atom. The summed E-state index contributed by atoms with van der Waals surface area (Å²) < 4.78 is 15.1. The minimum absolute atomic E-state index is 0.255. The molecule has 0 aromatic heterocycles. The molecule has 1 aromatic carbocycles. The van der Waals surface area contributed by atoms with E-state index in [-0.39, 0.29) is 13.2 Å². The first-order valence-electron chi connectivity index (χ1n) is 7.58. The van der Waals surface area contributed by atoms with E-state index in [1.165, 1.54) is 0 Å². The van der Waals surface area contributed by atoms with Gasteiger partial charge in [0.2, 0.25) is 0 Å². The topological polar surface area (TPSA) is 61.8 Å². The van der Waals surface area contributed by atoms with Gasteiger partial charge in [0, 0.05) is 0 Å². The molecule has 0 N–H and O–H groups in total. The lowest BCUT2D eigenvalue weighted by molar-refractivity contribution is -0.161. The van der Waals surface area contributed by atoms with Gasteiger partial charge in [-0.3, -0.25) is 9.59 Å². The zero-order valence-electron chi connectivity index (χ0n) is 13.5. The fraction of sp³-hybridized carbons (Fsp3) is 0.529. The zero-order chi connectivity index (χ0) is 16.4. The van der Waals surface area contributed by atoms with Crippen molar-refractivity contribution >= 4 is 11.9 Å². The Kier molecular flexibility index (Phi) is 8.04. The van der Waals surface area contributed by atoms with Gasteiger partial charge in [-0.25, -0.2) is 0 Å². The van der Waals surface area contributed by atoms with Crippen molar-refractivity contribution < 1.29 is 23.8 Å². The van der Waals surface area contributed by atoms with Crippen molar-refractivity contribution in [3.8, 4) is 5.75 Å². The molecule has 5 heteroatoms. The molecule has 0 aliphatic carbocycles. The number of carbonyl (C=O) groups excluding carboxylic acids is 2. The first-order valence-corrected chi connectivity index (χ1v) is 7.58. The lowest BCUT2D eigenvalue weighted by Gasteiger charge is -2.14. The maximum Gasteiger partial charge on any atom is 0.320 e. The zero-order valence-corrected chi connectivity index (χ0v) is 13.5. The summed E-state index contributed by atoms with van der Waals surface area (Å²) in [7, 11) is 1.62. The Morgan fingerprint density at radius 2 is 1.73 bits per heavy atom. The number of hydrogen-bond donors (Lipinski definition) is 0. The molecule has 22 heavy (non-hydrogen) atoms. The lowest BCUT2D eigenvalue weighted by Crippen LogP contribution is -2.28. The van der Waals surface area contributed by atoms with Crippen LogP contribution in [0, 0.1) is 5.92 Å². The molecule has 0 heterocycles. The fourth-order valence-electron chi connectivity index (χ4n) is 2.16. The second kappa shape index (κ2) is 9.82. The van der Waals surface area contributed by atoms with Crippen LogP contribution in [0.2, 0.25) is 0 Å². The van der Waals surface area contributed by atoms with Gasteiger partial charge < -0.3 is 14.2 Å². The van der Waals surface area contributed by atoms with E-state index in [4.69, 9.17) is 14.2 Å². The molecule has 0 saturated heterocycles. The molecule has 0 bridgehead atoms. The smallest absolute Gasteiger partial charge is 0.320 e. The van der Waals surface area contributed by atoms with Crippen LogP contribution in [0.5, 0.6) is 5.75 Å². The van der Waals surface area contributed by atoms with Crippen molar-refractivity contribution in [1.82, 2.24) is 0 Å². The summed E-state index contributed by atoms with van der Waals surface area (Å²) in [6.45, 7) is 3.95. The Bertz CT molecular complexity index is 466. The van der Waals surface area contributed by atoms with Crippen molar-refractivity contribution in [2.45, 2.75) is 33.1 Å². The molecular formula is C17H24O5. The van der Waals surface area contributed by atoms with Gasteiger partial charge in [-0.15, -0.1) is 0 Å². The van der Waals surface area contributed by atoms with Crippen molar-refractivity contribution in [2.24, 2.45) is 5.92 Å². The average Bonchev–Trinajstić information content (AvgIpc) is 2.52. The van der Waals surface area contributed by atoms with Gasteiger partial charge in [-0.2, -0.15) is 0 Å². The van der Waals surface area contributed by atoms with Crippen molar-refractivity contribution in [1.29, 1.82) is 0 Å². The number of benzene rings is 1. The maximum atomic E-state index is 11.9. The number of carbonyl (C=O) groups is 2. The van der Waals surface area contributed by atoms with Crippen molar-refractivity contribution in [3.05, 3.63) is 29.8 Å². The Hall–Kier alpha value is -2.04. The van der Waals surface area contributed by atoms with Crippen LogP contribution in [0.4, 0.5) is 0 Å². The number of ether oxygens (including phenoxy) is 3. The molecule has 0 atom stereocenters. The third kappa shape index (κ3) is 5.76. The average molecular weight is 308 g/mol.